The Kier molecular flexibility index (Phi) is 3.92. The summed E-state index contributed by atoms with van der Waals surface area (Å²) in [5.74, 6) is -0.323. The normalized spacial score (nSPS) is 17.0. The van der Waals surface area contributed by atoms with E-state index >= 15 is 0 Å². The molecular weight excluding hydrogens is 288 g/mol. The summed E-state index contributed by atoms with van der Waals surface area (Å²) in [5, 5.41) is 13.4. The molecule has 21 heavy (non-hydrogen) atoms. The van der Waals surface area contributed by atoms with Gasteiger partial charge in [0.25, 0.3) is 0 Å². The predicted molar refractivity (Wildman–Crippen MR) is 80.0 cm³/mol. The number of nitrogens with one attached hydrogen (secondary N) is 2. The van der Waals surface area contributed by atoms with Gasteiger partial charge in [-0.2, -0.15) is 0 Å². The molecule has 0 saturated heterocycles. The fourth-order valence-corrected chi connectivity index (χ4v) is 2.82. The summed E-state index contributed by atoms with van der Waals surface area (Å²) in [6.45, 7) is 0. The lowest BCUT2D eigenvalue weighted by Crippen LogP contribution is -2.30. The average molecular weight is 302 g/mol. The summed E-state index contributed by atoms with van der Waals surface area (Å²) < 4.78 is 0. The molecule has 1 unspecified atom stereocenters. The molecule has 1 aliphatic rings. The fourth-order valence-electron chi connectivity index (χ4n) is 2.36. The van der Waals surface area contributed by atoms with E-state index in [4.69, 9.17) is 0 Å². The molecule has 1 aromatic heterocycles. The second-order valence-electron chi connectivity index (χ2n) is 4.88. The van der Waals surface area contributed by atoms with Gasteiger partial charge in [-0.3, -0.25) is 9.59 Å². The van der Waals surface area contributed by atoms with Gasteiger partial charge in [0.15, 0.2) is 0 Å². The number of fused-ring (bicyclic) bond motifs is 1. The molecular formula is C14H14N4O2S. The van der Waals surface area contributed by atoms with Crippen molar-refractivity contribution in [2.24, 2.45) is 5.92 Å². The molecule has 1 aromatic carbocycles. The molecule has 0 aliphatic carbocycles. The molecule has 0 radical (unpaired) electrons. The van der Waals surface area contributed by atoms with Gasteiger partial charge in [-0.25, -0.2) is 0 Å². The van der Waals surface area contributed by atoms with Crippen molar-refractivity contribution < 1.29 is 9.59 Å². The van der Waals surface area contributed by atoms with E-state index in [0.29, 0.717) is 24.4 Å². The molecule has 3 rings (SSSR count). The standard InChI is InChI=1S/C14H14N4O2S/c19-12(17-14-18-15-8-21-14)6-5-10-7-9-3-1-2-4-11(9)16-13(10)20/h1-4,8,10H,5-7H2,(H,16,20)(H,17,18,19). The Balaban J connectivity index is 1.56. The lowest BCUT2D eigenvalue weighted by Gasteiger charge is -2.24. The topological polar surface area (TPSA) is 84.0 Å². The molecule has 6 nitrogen and oxygen atoms in total. The monoisotopic (exact) mass is 302 g/mol. The van der Waals surface area contributed by atoms with Gasteiger partial charge in [-0.1, -0.05) is 29.5 Å². The van der Waals surface area contributed by atoms with E-state index in [-0.39, 0.29) is 17.7 Å². The number of aromatic nitrogens is 2. The Hall–Kier alpha value is -2.28. The van der Waals surface area contributed by atoms with Crippen molar-refractivity contribution in [3.63, 3.8) is 0 Å². The third-order valence-corrected chi connectivity index (χ3v) is 4.05. The molecule has 108 valence electrons. The Morgan fingerprint density at radius 3 is 3.10 bits per heavy atom. The van der Waals surface area contributed by atoms with Gasteiger partial charge in [0, 0.05) is 18.0 Å². The first-order valence-electron chi connectivity index (χ1n) is 6.67. The summed E-state index contributed by atoms with van der Waals surface area (Å²) in [7, 11) is 0. The Bertz CT molecular complexity index is 657. The summed E-state index contributed by atoms with van der Waals surface area (Å²) in [6, 6.07) is 7.75. The van der Waals surface area contributed by atoms with E-state index in [0.717, 1.165) is 11.3 Å². The van der Waals surface area contributed by atoms with E-state index in [1.54, 1.807) is 5.51 Å². The molecule has 1 aliphatic heterocycles. The van der Waals surface area contributed by atoms with Crippen LogP contribution in [0.15, 0.2) is 29.8 Å². The second-order valence-corrected chi connectivity index (χ2v) is 5.71. The lowest BCUT2D eigenvalue weighted by atomic mass is 9.89. The maximum atomic E-state index is 12.0. The maximum Gasteiger partial charge on any atom is 0.227 e. The van der Waals surface area contributed by atoms with Gasteiger partial charge >= 0.3 is 0 Å². The van der Waals surface area contributed by atoms with Crippen LogP contribution in [0.2, 0.25) is 0 Å². The highest BCUT2D eigenvalue weighted by atomic mass is 32.1. The number of carbonyl (C=O) groups excluding carboxylic acids is 2. The molecule has 0 spiro atoms. The van der Waals surface area contributed by atoms with Crippen molar-refractivity contribution in [1.82, 2.24) is 10.2 Å². The highest BCUT2D eigenvalue weighted by Gasteiger charge is 2.26. The summed E-state index contributed by atoms with van der Waals surface area (Å²) in [4.78, 5) is 23.8. The Labute approximate surface area is 125 Å². The summed E-state index contributed by atoms with van der Waals surface area (Å²) in [5.41, 5.74) is 3.55. The second kappa shape index (κ2) is 6.01. The third-order valence-electron chi connectivity index (χ3n) is 3.44. The smallest absolute Gasteiger partial charge is 0.227 e. The lowest BCUT2D eigenvalue weighted by molar-refractivity contribution is -0.121. The summed E-state index contributed by atoms with van der Waals surface area (Å²) in [6.07, 6.45) is 1.48. The van der Waals surface area contributed by atoms with Crippen LogP contribution in [0.1, 0.15) is 18.4 Å². The summed E-state index contributed by atoms with van der Waals surface area (Å²) >= 11 is 1.27. The molecule has 1 atom stereocenters. The van der Waals surface area contributed by atoms with Crippen molar-refractivity contribution in [2.45, 2.75) is 19.3 Å². The van der Waals surface area contributed by atoms with Crippen LogP contribution >= 0.6 is 11.3 Å². The molecule has 2 amide bonds. The first-order chi connectivity index (χ1) is 10.2. The zero-order valence-electron chi connectivity index (χ0n) is 11.2. The predicted octanol–water partition coefficient (Wildman–Crippen LogP) is 2.07. The Morgan fingerprint density at radius 1 is 1.43 bits per heavy atom. The number of hydrogen-bond acceptors (Lipinski definition) is 5. The molecule has 0 bridgehead atoms. The van der Waals surface area contributed by atoms with Gasteiger partial charge in [0.1, 0.15) is 5.51 Å². The molecule has 2 heterocycles. The van der Waals surface area contributed by atoms with Gasteiger partial charge in [-0.15, -0.1) is 10.2 Å². The van der Waals surface area contributed by atoms with E-state index < -0.39 is 0 Å². The largest absolute Gasteiger partial charge is 0.326 e. The fraction of sp³-hybridized carbons (Fsp3) is 0.286. The third kappa shape index (κ3) is 3.25. The van der Waals surface area contributed by atoms with E-state index in [1.165, 1.54) is 11.3 Å². The van der Waals surface area contributed by atoms with Crippen molar-refractivity contribution in [2.75, 3.05) is 10.6 Å². The van der Waals surface area contributed by atoms with E-state index in [9.17, 15) is 9.59 Å². The molecule has 2 N–H and O–H groups in total. The number of nitrogens with zero attached hydrogens (tertiary/aromatic N) is 2. The average Bonchev–Trinajstić information content (AvgIpc) is 2.98. The molecule has 0 saturated carbocycles. The van der Waals surface area contributed by atoms with Crippen LogP contribution in [0.4, 0.5) is 10.8 Å². The van der Waals surface area contributed by atoms with Crippen LogP contribution in [0.5, 0.6) is 0 Å². The number of benzene rings is 1. The number of carbonyl (C=O) groups is 2. The highest BCUT2D eigenvalue weighted by molar-refractivity contribution is 7.13. The SMILES string of the molecule is O=C(CCC1Cc2ccccc2NC1=O)Nc1nncs1. The number of amides is 2. The number of anilines is 2. The minimum Gasteiger partial charge on any atom is -0.326 e. The van der Waals surface area contributed by atoms with Gasteiger partial charge in [0.05, 0.1) is 0 Å². The van der Waals surface area contributed by atoms with Crippen LogP contribution in [0.25, 0.3) is 0 Å². The van der Waals surface area contributed by atoms with Gasteiger partial charge in [-0.05, 0) is 24.5 Å². The first kappa shape index (κ1) is 13.7. The minimum absolute atomic E-state index is 0.0163. The van der Waals surface area contributed by atoms with Crippen molar-refractivity contribution >= 4 is 34.0 Å². The van der Waals surface area contributed by atoms with E-state index in [2.05, 4.69) is 20.8 Å². The zero-order chi connectivity index (χ0) is 14.7. The van der Waals surface area contributed by atoms with Crippen LogP contribution < -0.4 is 10.6 Å². The highest BCUT2D eigenvalue weighted by Crippen LogP contribution is 2.27. The van der Waals surface area contributed by atoms with Gasteiger partial charge in [0.2, 0.25) is 16.9 Å². The van der Waals surface area contributed by atoms with Crippen molar-refractivity contribution in [3.05, 3.63) is 35.3 Å². The van der Waals surface area contributed by atoms with Crippen LogP contribution in [0, 0.1) is 5.92 Å². The van der Waals surface area contributed by atoms with Crippen molar-refractivity contribution in [1.29, 1.82) is 0 Å². The Morgan fingerprint density at radius 2 is 2.29 bits per heavy atom. The minimum atomic E-state index is -0.167. The first-order valence-corrected chi connectivity index (χ1v) is 7.55. The van der Waals surface area contributed by atoms with Crippen LogP contribution in [-0.4, -0.2) is 22.0 Å². The number of hydrogen-bond donors (Lipinski definition) is 2. The van der Waals surface area contributed by atoms with E-state index in [1.807, 2.05) is 24.3 Å². The van der Waals surface area contributed by atoms with Crippen LogP contribution in [-0.2, 0) is 16.0 Å². The maximum absolute atomic E-state index is 12.0. The number of para-hydroxylation sites is 1. The number of rotatable bonds is 4. The molecule has 7 heteroatoms. The molecule has 0 fully saturated rings. The van der Waals surface area contributed by atoms with Crippen molar-refractivity contribution in [3.8, 4) is 0 Å². The van der Waals surface area contributed by atoms with Gasteiger partial charge < -0.3 is 10.6 Å². The zero-order valence-corrected chi connectivity index (χ0v) is 12.0. The quantitative estimate of drug-likeness (QED) is 0.905. The molecule has 2 aromatic rings. The van der Waals surface area contributed by atoms with Crippen LogP contribution in [0.3, 0.4) is 0 Å².